The molecule has 1 aliphatic rings. The van der Waals surface area contributed by atoms with Gasteiger partial charge in [0.1, 0.15) is 5.69 Å². The summed E-state index contributed by atoms with van der Waals surface area (Å²) < 4.78 is 80.6. The van der Waals surface area contributed by atoms with Gasteiger partial charge in [-0.2, -0.15) is 32.9 Å². The monoisotopic (exact) mass is 494 g/mol. The van der Waals surface area contributed by atoms with Gasteiger partial charge in [-0.15, -0.1) is 4.95 Å². The van der Waals surface area contributed by atoms with Gasteiger partial charge in [0.2, 0.25) is 0 Å². The van der Waals surface area contributed by atoms with Gasteiger partial charge in [-0.3, -0.25) is 0 Å². The van der Waals surface area contributed by atoms with Crippen molar-refractivity contribution in [3.63, 3.8) is 0 Å². The number of hydrogen-bond acceptors (Lipinski definition) is 3. The molecule has 0 radical (unpaired) electrons. The van der Waals surface area contributed by atoms with Crippen molar-refractivity contribution in [2.24, 2.45) is 5.10 Å². The molecule has 0 saturated carbocycles. The lowest BCUT2D eigenvalue weighted by atomic mass is 10.00. The maximum absolute atomic E-state index is 13.4. The minimum atomic E-state index is -4.65. The van der Waals surface area contributed by atoms with E-state index in [9.17, 15) is 26.3 Å². The van der Waals surface area contributed by atoms with Gasteiger partial charge < -0.3 is 0 Å². The minimum Gasteiger partial charge on any atom is -0.243 e. The zero-order valence-corrected chi connectivity index (χ0v) is 18.0. The Labute approximate surface area is 200 Å². The molecule has 0 fully saturated rings. The van der Waals surface area contributed by atoms with E-state index in [2.05, 4.69) is 20.0 Å². The Balaban J connectivity index is 1.83. The number of halogens is 6. The highest BCUT2D eigenvalue weighted by atomic mass is 19.4. The van der Waals surface area contributed by atoms with Crippen molar-refractivity contribution in [2.75, 3.05) is 0 Å². The molecule has 36 heavy (non-hydrogen) atoms. The average Bonchev–Trinajstić information content (AvgIpc) is 3.15. The molecule has 0 bridgehead atoms. The summed E-state index contributed by atoms with van der Waals surface area (Å²) in [6, 6.07) is 15.5. The molecule has 1 aromatic heterocycles. The smallest absolute Gasteiger partial charge is 0.243 e. The molecule has 0 amide bonds. The molecule has 0 atom stereocenters. The highest BCUT2D eigenvalue weighted by Gasteiger charge is 2.35. The third-order valence-electron chi connectivity index (χ3n) is 5.63. The molecule has 1 heterocycles. The predicted molar refractivity (Wildman–Crippen MR) is 121 cm³/mol. The van der Waals surface area contributed by atoms with Crippen molar-refractivity contribution in [1.82, 2.24) is 9.97 Å². The second kappa shape index (κ2) is 8.30. The van der Waals surface area contributed by atoms with E-state index in [-0.39, 0.29) is 39.6 Å². The maximum atomic E-state index is 13.4. The molecule has 0 aliphatic heterocycles. The van der Waals surface area contributed by atoms with Crippen LogP contribution >= 0.6 is 0 Å². The number of alkyl halides is 6. The summed E-state index contributed by atoms with van der Waals surface area (Å²) in [5.41, 5.74) is -0.221. The van der Waals surface area contributed by atoms with E-state index < -0.39 is 23.5 Å². The van der Waals surface area contributed by atoms with Crippen molar-refractivity contribution in [3.8, 4) is 33.8 Å². The number of benzene rings is 3. The van der Waals surface area contributed by atoms with Gasteiger partial charge in [0.15, 0.2) is 5.71 Å². The molecule has 4 nitrogen and oxygen atoms in total. The molecule has 10 heteroatoms. The first-order valence-corrected chi connectivity index (χ1v) is 10.4. The van der Waals surface area contributed by atoms with Crippen LogP contribution in [-0.4, -0.2) is 15.7 Å². The Morgan fingerprint density at radius 1 is 0.611 bits per heavy atom. The van der Waals surface area contributed by atoms with Crippen LogP contribution in [-0.2, 0) is 12.4 Å². The van der Waals surface area contributed by atoms with Gasteiger partial charge in [0, 0.05) is 22.3 Å². The van der Waals surface area contributed by atoms with E-state index >= 15 is 0 Å². The van der Waals surface area contributed by atoms with Crippen LogP contribution in [0.25, 0.3) is 38.7 Å². The summed E-state index contributed by atoms with van der Waals surface area (Å²) in [4.78, 5) is 12.2. The van der Waals surface area contributed by atoms with E-state index in [1.54, 1.807) is 24.3 Å². The van der Waals surface area contributed by atoms with E-state index in [4.69, 9.17) is 6.57 Å². The van der Waals surface area contributed by atoms with Crippen LogP contribution in [0.15, 0.2) is 77.9 Å². The number of nitrogens with zero attached hydrogens (tertiary/aromatic N) is 4. The summed E-state index contributed by atoms with van der Waals surface area (Å²) in [5, 5.41) is 3.82. The fourth-order valence-corrected chi connectivity index (χ4v) is 4.05. The summed E-state index contributed by atoms with van der Waals surface area (Å²) in [6.07, 6.45) is -9.29. The topological polar surface area (TPSA) is 42.5 Å². The molecule has 0 saturated heterocycles. The van der Waals surface area contributed by atoms with Crippen molar-refractivity contribution in [3.05, 3.63) is 107 Å². The first-order chi connectivity index (χ1) is 17.1. The summed E-state index contributed by atoms with van der Waals surface area (Å²) in [5.74, 6) is 0. The molecular formula is C26H12F6N4. The number of fused-ring (bicyclic) bond motifs is 3. The Morgan fingerprint density at radius 2 is 1.11 bits per heavy atom. The lowest BCUT2D eigenvalue weighted by Gasteiger charge is -2.14. The van der Waals surface area contributed by atoms with Crippen LogP contribution in [0.4, 0.5) is 26.3 Å². The number of aromatic nitrogens is 2. The van der Waals surface area contributed by atoms with E-state index in [0.29, 0.717) is 11.1 Å². The first-order valence-electron chi connectivity index (χ1n) is 10.4. The van der Waals surface area contributed by atoms with Crippen molar-refractivity contribution >= 4 is 5.71 Å². The fraction of sp³-hybridized carbons (Fsp3) is 0.0769. The van der Waals surface area contributed by atoms with Crippen LogP contribution in [0.2, 0.25) is 0 Å². The first kappa shape index (κ1) is 23.2. The SMILES string of the molecule is [C-]#[N+]/N=C1\c2ccccc2-c2nc(-c3cccc(C(F)(F)F)c3)c(-c3cccc(C(F)(F)F)c3)nc21. The third kappa shape index (κ3) is 3.98. The Hall–Kier alpha value is -4.52. The van der Waals surface area contributed by atoms with Gasteiger partial charge >= 0.3 is 12.4 Å². The number of rotatable bonds is 2. The van der Waals surface area contributed by atoms with Crippen LogP contribution < -0.4 is 0 Å². The Morgan fingerprint density at radius 3 is 1.61 bits per heavy atom. The lowest BCUT2D eigenvalue weighted by molar-refractivity contribution is -0.138. The van der Waals surface area contributed by atoms with Crippen LogP contribution in [0.5, 0.6) is 0 Å². The molecule has 1 aliphatic carbocycles. The van der Waals surface area contributed by atoms with Crippen molar-refractivity contribution in [1.29, 1.82) is 0 Å². The summed E-state index contributed by atoms with van der Waals surface area (Å²) in [6.45, 7) is 7.18. The van der Waals surface area contributed by atoms with Crippen molar-refractivity contribution in [2.45, 2.75) is 12.4 Å². The lowest BCUT2D eigenvalue weighted by Crippen LogP contribution is -2.08. The molecule has 0 unspecified atom stereocenters. The van der Waals surface area contributed by atoms with Gasteiger partial charge in [-0.1, -0.05) is 48.5 Å². The quantitative estimate of drug-likeness (QED) is 0.145. The zero-order chi connectivity index (χ0) is 25.7. The second-order valence-electron chi connectivity index (χ2n) is 7.87. The molecule has 5 rings (SSSR count). The van der Waals surface area contributed by atoms with Crippen LogP contribution in [0, 0.1) is 6.57 Å². The minimum absolute atomic E-state index is 0.00524. The van der Waals surface area contributed by atoms with Crippen LogP contribution in [0.3, 0.4) is 0 Å². The molecule has 0 N–H and O–H groups in total. The second-order valence-corrected chi connectivity index (χ2v) is 7.87. The highest BCUT2D eigenvalue weighted by Crippen LogP contribution is 2.41. The predicted octanol–water partition coefficient (Wildman–Crippen LogP) is 7.50. The van der Waals surface area contributed by atoms with E-state index in [0.717, 1.165) is 24.3 Å². The van der Waals surface area contributed by atoms with Gasteiger partial charge in [-0.05, 0) is 24.3 Å². The molecule has 0 spiro atoms. The standard InChI is InChI=1S/C26H12F6N4/c1-33-36-23-19-11-3-2-10-18(19)22-24(23)35-21(15-7-5-9-17(13-15)26(30,31)32)20(34-22)14-6-4-8-16(12-14)25(27,28)29/h2-13H/b36-23+. The highest BCUT2D eigenvalue weighted by molar-refractivity contribution is 6.23. The molecular weight excluding hydrogens is 482 g/mol. The Bertz CT molecular complexity index is 1580. The van der Waals surface area contributed by atoms with E-state index in [1.807, 2.05) is 0 Å². The van der Waals surface area contributed by atoms with Gasteiger partial charge in [0.05, 0.1) is 33.3 Å². The van der Waals surface area contributed by atoms with E-state index in [1.165, 1.54) is 24.3 Å². The van der Waals surface area contributed by atoms with Gasteiger partial charge in [0.25, 0.3) is 0 Å². The Kier molecular flexibility index (Phi) is 5.36. The third-order valence-corrected chi connectivity index (χ3v) is 5.63. The van der Waals surface area contributed by atoms with Crippen LogP contribution in [0.1, 0.15) is 22.4 Å². The summed E-state index contributed by atoms with van der Waals surface area (Å²) >= 11 is 0. The normalized spacial score (nSPS) is 13.9. The fourth-order valence-electron chi connectivity index (χ4n) is 4.05. The van der Waals surface area contributed by atoms with Gasteiger partial charge in [-0.25, -0.2) is 9.97 Å². The number of hydrogen-bond donors (Lipinski definition) is 0. The average molecular weight is 494 g/mol. The van der Waals surface area contributed by atoms with Crippen molar-refractivity contribution < 1.29 is 26.3 Å². The summed E-state index contributed by atoms with van der Waals surface area (Å²) in [7, 11) is 0. The largest absolute Gasteiger partial charge is 0.416 e. The molecule has 3 aromatic carbocycles. The maximum Gasteiger partial charge on any atom is 0.416 e. The zero-order valence-electron chi connectivity index (χ0n) is 18.0. The molecule has 178 valence electrons. The molecule has 4 aromatic rings.